The second-order valence-corrected chi connectivity index (χ2v) is 11.6. The highest BCUT2D eigenvalue weighted by Gasteiger charge is 2.28. The maximum Gasteiger partial charge on any atom is 0.175 e. The summed E-state index contributed by atoms with van der Waals surface area (Å²) in [4.78, 5) is 16.4. The zero-order valence-electron chi connectivity index (χ0n) is 19.0. The van der Waals surface area contributed by atoms with Crippen LogP contribution in [0.25, 0.3) is 10.2 Å². The van der Waals surface area contributed by atoms with Crippen LogP contribution in [0.3, 0.4) is 0 Å². The smallest absolute Gasteiger partial charge is 0.175 e. The van der Waals surface area contributed by atoms with Gasteiger partial charge in [-0.15, -0.1) is 11.3 Å². The molecule has 5 heterocycles. The molecule has 3 aromatic heterocycles. The first-order chi connectivity index (χ1) is 17.3. The van der Waals surface area contributed by atoms with E-state index < -0.39 is 0 Å². The summed E-state index contributed by atoms with van der Waals surface area (Å²) in [6.45, 7) is 2.18. The first-order valence-electron chi connectivity index (χ1n) is 11.7. The van der Waals surface area contributed by atoms with Crippen molar-refractivity contribution in [3.05, 3.63) is 66.3 Å². The van der Waals surface area contributed by atoms with Crippen LogP contribution < -0.4 is 15.4 Å². The van der Waals surface area contributed by atoms with Crippen molar-refractivity contribution in [2.45, 2.75) is 28.7 Å². The summed E-state index contributed by atoms with van der Waals surface area (Å²) in [5.74, 6) is 3.76. The van der Waals surface area contributed by atoms with E-state index in [1.54, 1.807) is 34.9 Å². The lowest BCUT2D eigenvalue weighted by molar-refractivity contribution is 0.340. The van der Waals surface area contributed by atoms with Crippen LogP contribution in [0, 0.1) is 5.92 Å². The molecule has 4 aromatic rings. The number of amidine groups is 1. The highest BCUT2D eigenvalue weighted by atomic mass is 32.2. The number of aliphatic imine (C=N–C) groups is 1. The van der Waals surface area contributed by atoms with Gasteiger partial charge in [0, 0.05) is 40.5 Å². The number of para-hydroxylation sites is 1. The number of pyridine rings is 2. The number of ether oxygens (including phenoxy) is 1. The van der Waals surface area contributed by atoms with Gasteiger partial charge in [0.2, 0.25) is 0 Å². The molecule has 0 aliphatic carbocycles. The number of fused-ring (bicyclic) bond motifs is 1. The Labute approximate surface area is 217 Å². The number of hydrogen-bond donors (Lipinski definition) is 2. The molecule has 0 radical (unpaired) electrons. The van der Waals surface area contributed by atoms with E-state index in [0.29, 0.717) is 23.5 Å². The van der Waals surface area contributed by atoms with E-state index in [4.69, 9.17) is 14.7 Å². The van der Waals surface area contributed by atoms with Crippen molar-refractivity contribution in [2.24, 2.45) is 10.9 Å². The highest BCUT2D eigenvalue weighted by molar-refractivity contribution is 8.14. The van der Waals surface area contributed by atoms with Crippen LogP contribution in [0.1, 0.15) is 12.8 Å². The Hall–Kier alpha value is -2.59. The molecule has 2 aliphatic rings. The lowest BCUT2D eigenvalue weighted by Gasteiger charge is -2.25. The zero-order chi connectivity index (χ0) is 23.5. The quantitative estimate of drug-likeness (QED) is 0.301. The van der Waals surface area contributed by atoms with Gasteiger partial charge in [0.1, 0.15) is 5.75 Å². The summed E-state index contributed by atoms with van der Waals surface area (Å²) in [7, 11) is 0. The number of nitrogens with one attached hydrogen (secondary N) is 2. The van der Waals surface area contributed by atoms with E-state index in [-0.39, 0.29) is 0 Å². The van der Waals surface area contributed by atoms with Crippen LogP contribution in [0.5, 0.6) is 11.5 Å². The number of nitrogens with zero attached hydrogens (tertiary/aromatic N) is 3. The molecule has 178 valence electrons. The van der Waals surface area contributed by atoms with E-state index in [9.17, 15) is 0 Å². The molecule has 0 spiro atoms. The van der Waals surface area contributed by atoms with Crippen LogP contribution in [-0.4, -0.2) is 40.0 Å². The Balaban J connectivity index is 1.26. The molecule has 0 saturated carbocycles. The molecule has 9 heteroatoms. The fraction of sp³-hybridized carbons (Fsp3) is 0.269. The van der Waals surface area contributed by atoms with E-state index in [1.807, 2.05) is 42.7 Å². The third-order valence-electron chi connectivity index (χ3n) is 6.11. The summed E-state index contributed by atoms with van der Waals surface area (Å²) >= 11 is 5.15. The Morgan fingerprint density at radius 3 is 2.94 bits per heavy atom. The van der Waals surface area contributed by atoms with Gasteiger partial charge in [0.15, 0.2) is 16.7 Å². The Bertz CT molecular complexity index is 1340. The Morgan fingerprint density at radius 2 is 2.06 bits per heavy atom. The minimum Gasteiger partial charge on any atom is -0.453 e. The van der Waals surface area contributed by atoms with Gasteiger partial charge in [-0.05, 0) is 54.9 Å². The van der Waals surface area contributed by atoms with Gasteiger partial charge in [-0.1, -0.05) is 41.7 Å². The maximum absolute atomic E-state index is 6.29. The molecule has 6 rings (SSSR count). The van der Waals surface area contributed by atoms with Gasteiger partial charge >= 0.3 is 0 Å². The largest absolute Gasteiger partial charge is 0.453 e. The molecule has 1 aromatic carbocycles. The predicted octanol–water partition coefficient (Wildman–Crippen LogP) is 6.52. The molecule has 2 N–H and O–H groups in total. The summed E-state index contributed by atoms with van der Waals surface area (Å²) < 4.78 is 7.48. The first kappa shape index (κ1) is 22.8. The van der Waals surface area contributed by atoms with Gasteiger partial charge < -0.3 is 15.4 Å². The maximum atomic E-state index is 6.29. The summed E-state index contributed by atoms with van der Waals surface area (Å²) in [6.07, 6.45) is 6.23. The highest BCUT2D eigenvalue weighted by Crippen LogP contribution is 2.39. The first-order valence-corrected chi connectivity index (χ1v) is 14.4. The van der Waals surface area contributed by atoms with E-state index >= 15 is 0 Å². The number of hydrogen-bond acceptors (Lipinski definition) is 9. The molecule has 2 atom stereocenters. The number of piperidine rings is 1. The van der Waals surface area contributed by atoms with Crippen molar-refractivity contribution >= 4 is 56.1 Å². The standard InChI is InChI=1S/C26H25N5OS3/c1-2-6-18(7-3-1)32-22-13-19(35-23-8-11-28-20-9-12-33-24(20)23)15-29-25(22)31-26-30-21(16-34-26)17-5-4-10-27-14-17/h1-3,6-9,11-13,15,17,21,27H,4-5,10,14,16H2,(H,29,30,31). The van der Waals surface area contributed by atoms with Crippen LogP contribution in [-0.2, 0) is 0 Å². The van der Waals surface area contributed by atoms with Crippen LogP contribution >= 0.6 is 34.9 Å². The number of thiophene rings is 1. The number of aromatic nitrogens is 2. The Morgan fingerprint density at radius 1 is 1.11 bits per heavy atom. The summed E-state index contributed by atoms with van der Waals surface area (Å²) in [5.41, 5.74) is 1.02. The lowest BCUT2D eigenvalue weighted by atomic mass is 9.93. The number of rotatable bonds is 6. The van der Waals surface area contributed by atoms with Crippen molar-refractivity contribution in [1.82, 2.24) is 15.3 Å². The molecule has 0 amide bonds. The molecule has 2 aliphatic heterocycles. The minimum absolute atomic E-state index is 0.350. The second kappa shape index (κ2) is 10.6. The number of benzene rings is 1. The second-order valence-electron chi connectivity index (χ2n) is 8.52. The molecule has 2 unspecified atom stereocenters. The van der Waals surface area contributed by atoms with Crippen molar-refractivity contribution in [2.75, 3.05) is 24.2 Å². The third kappa shape index (κ3) is 5.33. The van der Waals surface area contributed by atoms with Crippen LogP contribution in [0.4, 0.5) is 5.82 Å². The van der Waals surface area contributed by atoms with Gasteiger partial charge in [0.05, 0.1) is 16.3 Å². The molecule has 1 fully saturated rings. The molecule has 6 nitrogen and oxygen atoms in total. The van der Waals surface area contributed by atoms with Gasteiger partial charge in [0.25, 0.3) is 0 Å². The lowest BCUT2D eigenvalue weighted by Crippen LogP contribution is -2.36. The average Bonchev–Trinajstić information content (AvgIpc) is 3.57. The van der Waals surface area contributed by atoms with Crippen molar-refractivity contribution in [1.29, 1.82) is 0 Å². The van der Waals surface area contributed by atoms with Crippen LogP contribution in [0.15, 0.2) is 81.1 Å². The van der Waals surface area contributed by atoms with Crippen molar-refractivity contribution in [3.8, 4) is 11.5 Å². The SMILES string of the molecule is c1ccc(Oc2cc(Sc3ccnc4ccsc34)cnc2NC2=NC(C3CCCNC3)CS2)cc1. The molecular formula is C26H25N5OS3. The van der Waals surface area contributed by atoms with Crippen LogP contribution in [0.2, 0.25) is 0 Å². The topological polar surface area (TPSA) is 71.4 Å². The summed E-state index contributed by atoms with van der Waals surface area (Å²) in [6, 6.07) is 16.3. The van der Waals surface area contributed by atoms with Crippen molar-refractivity contribution < 1.29 is 4.74 Å². The van der Waals surface area contributed by atoms with Gasteiger partial charge in [-0.25, -0.2) is 4.98 Å². The van der Waals surface area contributed by atoms with Crippen molar-refractivity contribution in [3.63, 3.8) is 0 Å². The van der Waals surface area contributed by atoms with E-state index in [0.717, 1.165) is 45.1 Å². The fourth-order valence-electron chi connectivity index (χ4n) is 4.33. The average molecular weight is 520 g/mol. The summed E-state index contributed by atoms with van der Waals surface area (Å²) in [5, 5.41) is 9.96. The fourth-order valence-corrected chi connectivity index (χ4v) is 7.27. The Kier molecular flexibility index (Phi) is 6.90. The third-order valence-corrected chi connectivity index (χ3v) is 9.19. The zero-order valence-corrected chi connectivity index (χ0v) is 21.5. The van der Waals surface area contributed by atoms with Gasteiger partial charge in [-0.3, -0.25) is 9.98 Å². The van der Waals surface area contributed by atoms with E-state index in [2.05, 4.69) is 39.2 Å². The number of anilines is 1. The monoisotopic (exact) mass is 519 g/mol. The predicted molar refractivity (Wildman–Crippen MR) is 147 cm³/mol. The normalized spacial score (nSPS) is 20.1. The van der Waals surface area contributed by atoms with E-state index in [1.165, 1.54) is 17.5 Å². The number of thioether (sulfide) groups is 1. The minimum atomic E-state index is 0.350. The molecule has 1 saturated heterocycles. The molecule has 0 bridgehead atoms. The molecular weight excluding hydrogens is 495 g/mol. The van der Waals surface area contributed by atoms with Gasteiger partial charge in [-0.2, -0.15) is 0 Å². The molecule has 35 heavy (non-hydrogen) atoms.